The van der Waals surface area contributed by atoms with Crippen LogP contribution in [0.2, 0.25) is 0 Å². The van der Waals surface area contributed by atoms with Gasteiger partial charge >= 0.3 is 0 Å². The van der Waals surface area contributed by atoms with E-state index in [4.69, 9.17) is 5.73 Å². The SMILES string of the molecule is Cc1ccccc1Sc1cc(F)c(Br)cc1N. The summed E-state index contributed by atoms with van der Waals surface area (Å²) < 4.78 is 13.8. The van der Waals surface area contributed by atoms with Crippen LogP contribution in [-0.4, -0.2) is 0 Å². The molecule has 2 aromatic carbocycles. The minimum atomic E-state index is -0.296. The molecule has 0 atom stereocenters. The van der Waals surface area contributed by atoms with Crippen LogP contribution in [0.5, 0.6) is 0 Å². The van der Waals surface area contributed by atoms with E-state index < -0.39 is 0 Å². The largest absolute Gasteiger partial charge is 0.398 e. The Labute approximate surface area is 112 Å². The molecule has 0 saturated heterocycles. The molecular formula is C13H11BrFNS. The van der Waals surface area contributed by atoms with Crippen LogP contribution in [0.25, 0.3) is 0 Å². The van der Waals surface area contributed by atoms with E-state index in [0.29, 0.717) is 10.2 Å². The van der Waals surface area contributed by atoms with Gasteiger partial charge in [0.1, 0.15) is 5.82 Å². The maximum Gasteiger partial charge on any atom is 0.138 e. The molecule has 0 heterocycles. The number of anilines is 1. The minimum Gasteiger partial charge on any atom is -0.398 e. The van der Waals surface area contributed by atoms with E-state index in [-0.39, 0.29) is 5.82 Å². The third-order valence-corrected chi connectivity index (χ3v) is 4.23. The highest BCUT2D eigenvalue weighted by atomic mass is 79.9. The van der Waals surface area contributed by atoms with Crippen LogP contribution >= 0.6 is 27.7 Å². The minimum absolute atomic E-state index is 0.296. The molecule has 0 bridgehead atoms. The van der Waals surface area contributed by atoms with Crippen LogP contribution in [0, 0.1) is 12.7 Å². The predicted octanol–water partition coefficient (Wildman–Crippen LogP) is 4.63. The van der Waals surface area contributed by atoms with Crippen molar-refractivity contribution in [2.75, 3.05) is 5.73 Å². The van der Waals surface area contributed by atoms with Gasteiger partial charge in [0.2, 0.25) is 0 Å². The Bertz CT molecular complexity index is 557. The summed E-state index contributed by atoms with van der Waals surface area (Å²) in [4.78, 5) is 1.82. The number of nitrogens with two attached hydrogens (primary N) is 1. The molecule has 17 heavy (non-hydrogen) atoms. The lowest BCUT2D eigenvalue weighted by atomic mass is 10.2. The molecule has 2 N–H and O–H groups in total. The van der Waals surface area contributed by atoms with Crippen molar-refractivity contribution in [3.8, 4) is 0 Å². The van der Waals surface area contributed by atoms with Crippen molar-refractivity contribution in [1.82, 2.24) is 0 Å². The second-order valence-corrected chi connectivity index (χ2v) is 5.61. The number of benzene rings is 2. The lowest BCUT2D eigenvalue weighted by Crippen LogP contribution is -1.91. The molecule has 2 aromatic rings. The average molecular weight is 312 g/mol. The normalized spacial score (nSPS) is 10.5. The Morgan fingerprint density at radius 3 is 2.59 bits per heavy atom. The first kappa shape index (κ1) is 12.5. The van der Waals surface area contributed by atoms with Crippen molar-refractivity contribution in [3.05, 3.63) is 52.3 Å². The Hall–Kier alpha value is -1.00. The van der Waals surface area contributed by atoms with Crippen LogP contribution in [0.4, 0.5) is 10.1 Å². The van der Waals surface area contributed by atoms with E-state index in [2.05, 4.69) is 15.9 Å². The van der Waals surface area contributed by atoms with E-state index in [1.807, 2.05) is 31.2 Å². The summed E-state index contributed by atoms with van der Waals surface area (Å²) in [6, 6.07) is 11.0. The van der Waals surface area contributed by atoms with Gasteiger partial charge in [-0.2, -0.15) is 0 Å². The second-order valence-electron chi connectivity index (χ2n) is 3.67. The number of aryl methyl sites for hydroxylation is 1. The van der Waals surface area contributed by atoms with Gasteiger partial charge in [-0.15, -0.1) is 0 Å². The van der Waals surface area contributed by atoms with Crippen molar-refractivity contribution in [1.29, 1.82) is 0 Å². The summed E-state index contributed by atoms with van der Waals surface area (Å²) in [5.74, 6) is -0.296. The van der Waals surface area contributed by atoms with Gasteiger partial charge in [0.05, 0.1) is 4.47 Å². The van der Waals surface area contributed by atoms with Gasteiger partial charge in [0.15, 0.2) is 0 Å². The smallest absolute Gasteiger partial charge is 0.138 e. The maximum atomic E-state index is 13.4. The topological polar surface area (TPSA) is 26.0 Å². The first-order valence-corrected chi connectivity index (χ1v) is 6.67. The van der Waals surface area contributed by atoms with E-state index in [9.17, 15) is 4.39 Å². The predicted molar refractivity (Wildman–Crippen MR) is 73.8 cm³/mol. The Morgan fingerprint density at radius 2 is 1.88 bits per heavy atom. The number of halogens is 2. The zero-order valence-electron chi connectivity index (χ0n) is 9.21. The Morgan fingerprint density at radius 1 is 1.18 bits per heavy atom. The molecule has 4 heteroatoms. The molecule has 0 amide bonds. The third kappa shape index (κ3) is 2.82. The third-order valence-electron chi connectivity index (χ3n) is 2.37. The molecule has 2 rings (SSSR count). The standard InChI is InChI=1S/C13H11BrFNS/c1-8-4-2-3-5-12(8)17-13-7-10(15)9(14)6-11(13)16/h2-7H,16H2,1H3. The van der Waals surface area contributed by atoms with E-state index in [0.717, 1.165) is 15.4 Å². The first-order valence-electron chi connectivity index (χ1n) is 5.06. The molecule has 0 saturated carbocycles. The molecule has 88 valence electrons. The van der Waals surface area contributed by atoms with Gasteiger partial charge in [0, 0.05) is 15.5 Å². The molecule has 0 fully saturated rings. The summed E-state index contributed by atoms with van der Waals surface area (Å²) in [5.41, 5.74) is 7.60. The Kier molecular flexibility index (Phi) is 3.74. The van der Waals surface area contributed by atoms with Gasteiger partial charge in [-0.3, -0.25) is 0 Å². The number of hydrogen-bond donors (Lipinski definition) is 1. The second kappa shape index (κ2) is 5.10. The molecular weight excluding hydrogens is 301 g/mol. The van der Waals surface area contributed by atoms with Crippen molar-refractivity contribution >= 4 is 33.4 Å². The summed E-state index contributed by atoms with van der Waals surface area (Å²) in [6.45, 7) is 2.02. The lowest BCUT2D eigenvalue weighted by Gasteiger charge is -2.08. The fourth-order valence-corrected chi connectivity index (χ4v) is 2.73. The average Bonchev–Trinajstić information content (AvgIpc) is 2.29. The van der Waals surface area contributed by atoms with Crippen LogP contribution in [0.15, 0.2) is 50.7 Å². The van der Waals surface area contributed by atoms with Crippen LogP contribution < -0.4 is 5.73 Å². The molecule has 0 aromatic heterocycles. The van der Waals surface area contributed by atoms with Crippen molar-refractivity contribution in [3.63, 3.8) is 0 Å². The molecule has 0 radical (unpaired) electrons. The van der Waals surface area contributed by atoms with Gasteiger partial charge in [0.25, 0.3) is 0 Å². The highest BCUT2D eigenvalue weighted by Gasteiger charge is 2.08. The van der Waals surface area contributed by atoms with Gasteiger partial charge in [-0.25, -0.2) is 4.39 Å². The molecule has 1 nitrogen and oxygen atoms in total. The van der Waals surface area contributed by atoms with Crippen LogP contribution in [-0.2, 0) is 0 Å². The monoisotopic (exact) mass is 311 g/mol. The summed E-state index contributed by atoms with van der Waals surface area (Å²) >= 11 is 4.59. The van der Waals surface area contributed by atoms with Gasteiger partial charge in [-0.1, -0.05) is 30.0 Å². The fraction of sp³-hybridized carbons (Fsp3) is 0.0769. The zero-order chi connectivity index (χ0) is 12.4. The van der Waals surface area contributed by atoms with Crippen molar-refractivity contribution in [2.45, 2.75) is 16.7 Å². The van der Waals surface area contributed by atoms with Crippen LogP contribution in [0.1, 0.15) is 5.56 Å². The van der Waals surface area contributed by atoms with E-state index >= 15 is 0 Å². The maximum absolute atomic E-state index is 13.4. The quantitative estimate of drug-likeness (QED) is 0.818. The number of hydrogen-bond acceptors (Lipinski definition) is 2. The van der Waals surface area contributed by atoms with Crippen LogP contribution in [0.3, 0.4) is 0 Å². The molecule has 0 aliphatic carbocycles. The van der Waals surface area contributed by atoms with Crippen molar-refractivity contribution < 1.29 is 4.39 Å². The first-order chi connectivity index (χ1) is 8.08. The van der Waals surface area contributed by atoms with Gasteiger partial charge < -0.3 is 5.73 Å². The lowest BCUT2D eigenvalue weighted by molar-refractivity contribution is 0.618. The van der Waals surface area contributed by atoms with Gasteiger partial charge in [-0.05, 0) is 46.6 Å². The van der Waals surface area contributed by atoms with Crippen molar-refractivity contribution in [2.24, 2.45) is 0 Å². The molecule has 0 aliphatic rings. The highest BCUT2D eigenvalue weighted by molar-refractivity contribution is 9.10. The Balaban J connectivity index is 2.37. The summed E-state index contributed by atoms with van der Waals surface area (Å²) in [5, 5.41) is 0. The fourth-order valence-electron chi connectivity index (χ4n) is 1.42. The molecule has 0 aliphatic heterocycles. The highest BCUT2D eigenvalue weighted by Crippen LogP contribution is 2.36. The van der Waals surface area contributed by atoms with E-state index in [1.165, 1.54) is 17.8 Å². The summed E-state index contributed by atoms with van der Waals surface area (Å²) in [6.07, 6.45) is 0. The molecule has 0 unspecified atom stereocenters. The number of rotatable bonds is 2. The van der Waals surface area contributed by atoms with E-state index in [1.54, 1.807) is 6.07 Å². The molecule has 0 spiro atoms. The number of nitrogen functional groups attached to an aromatic ring is 1. The zero-order valence-corrected chi connectivity index (χ0v) is 11.6. The summed E-state index contributed by atoms with van der Waals surface area (Å²) in [7, 11) is 0.